The molecule has 1 unspecified atom stereocenters. The van der Waals surface area contributed by atoms with Gasteiger partial charge in [0.1, 0.15) is 11.4 Å². The van der Waals surface area contributed by atoms with Crippen LogP contribution in [0.5, 0.6) is 0 Å². The van der Waals surface area contributed by atoms with Crippen molar-refractivity contribution in [3.05, 3.63) is 65.7 Å². The van der Waals surface area contributed by atoms with E-state index in [0.29, 0.717) is 31.9 Å². The predicted molar refractivity (Wildman–Crippen MR) is 111 cm³/mol. The molecule has 0 saturated carbocycles. The highest BCUT2D eigenvalue weighted by molar-refractivity contribution is 5.80. The Bertz CT molecular complexity index is 981. The lowest BCUT2D eigenvalue weighted by Gasteiger charge is -2.53. The molecule has 2 aliphatic rings. The van der Waals surface area contributed by atoms with Crippen LogP contribution < -0.4 is 0 Å². The summed E-state index contributed by atoms with van der Waals surface area (Å²) in [5, 5.41) is 7.12. The number of hydrogen-bond donors (Lipinski definition) is 1. The summed E-state index contributed by atoms with van der Waals surface area (Å²) in [7, 11) is 0. The van der Waals surface area contributed by atoms with E-state index in [1.165, 1.54) is 12.1 Å². The van der Waals surface area contributed by atoms with Crippen LogP contribution in [-0.4, -0.2) is 64.4 Å². The number of benzene rings is 1. The Morgan fingerprint density at radius 3 is 2.56 bits per heavy atom. The number of hydrogen-bond acceptors (Lipinski definition) is 5. The van der Waals surface area contributed by atoms with Gasteiger partial charge in [0.2, 0.25) is 5.91 Å². The SMILES string of the molecule is O=C(Cc1cccc(F)c1)N1CC2(CC(OCc3ccccn3)CCO2)C1.O=C(O)C(F)(F)F. The summed E-state index contributed by atoms with van der Waals surface area (Å²) in [4.78, 5) is 27.4. The monoisotopic (exact) mass is 484 g/mol. The lowest BCUT2D eigenvalue weighted by Crippen LogP contribution is -2.67. The van der Waals surface area contributed by atoms with Gasteiger partial charge in [0.05, 0.1) is 37.9 Å². The van der Waals surface area contributed by atoms with Crippen molar-refractivity contribution in [1.29, 1.82) is 0 Å². The highest BCUT2D eigenvalue weighted by atomic mass is 19.4. The zero-order valence-corrected chi connectivity index (χ0v) is 18.1. The molecule has 1 atom stereocenters. The van der Waals surface area contributed by atoms with Crippen LogP contribution in [0, 0.1) is 5.82 Å². The van der Waals surface area contributed by atoms with Gasteiger partial charge in [-0.05, 0) is 36.2 Å². The molecule has 0 aliphatic carbocycles. The summed E-state index contributed by atoms with van der Waals surface area (Å²) < 4.78 is 57.0. The Balaban J connectivity index is 0.000000406. The number of amides is 1. The van der Waals surface area contributed by atoms with Gasteiger partial charge in [0, 0.05) is 19.2 Å². The lowest BCUT2D eigenvalue weighted by atomic mass is 9.84. The Kier molecular flexibility index (Phi) is 8.21. The van der Waals surface area contributed by atoms with Gasteiger partial charge in [-0.15, -0.1) is 0 Å². The van der Waals surface area contributed by atoms with Crippen LogP contribution in [-0.2, 0) is 32.1 Å². The van der Waals surface area contributed by atoms with Gasteiger partial charge in [-0.2, -0.15) is 13.2 Å². The first-order valence-electron chi connectivity index (χ1n) is 10.5. The van der Waals surface area contributed by atoms with Crippen LogP contribution in [0.4, 0.5) is 17.6 Å². The Labute approximate surface area is 193 Å². The maximum atomic E-state index is 13.3. The van der Waals surface area contributed by atoms with Crippen molar-refractivity contribution in [2.75, 3.05) is 19.7 Å². The number of halogens is 4. The third-order valence-corrected chi connectivity index (χ3v) is 5.44. The molecule has 0 bridgehead atoms. The second kappa shape index (κ2) is 10.9. The normalized spacial score (nSPS) is 19.1. The van der Waals surface area contributed by atoms with Gasteiger partial charge in [-0.1, -0.05) is 18.2 Å². The minimum atomic E-state index is -5.08. The minimum Gasteiger partial charge on any atom is -0.475 e. The Morgan fingerprint density at radius 1 is 1.21 bits per heavy atom. The second-order valence-corrected chi connectivity index (χ2v) is 8.14. The Hall–Kier alpha value is -3.05. The van der Waals surface area contributed by atoms with Gasteiger partial charge < -0.3 is 19.5 Å². The van der Waals surface area contributed by atoms with Crippen LogP contribution in [0.25, 0.3) is 0 Å². The molecule has 1 amide bonds. The molecule has 2 fully saturated rings. The quantitative estimate of drug-likeness (QED) is 0.655. The Morgan fingerprint density at radius 2 is 1.94 bits per heavy atom. The fourth-order valence-electron chi connectivity index (χ4n) is 3.79. The fourth-order valence-corrected chi connectivity index (χ4v) is 3.79. The van der Waals surface area contributed by atoms with E-state index >= 15 is 0 Å². The van der Waals surface area contributed by atoms with E-state index in [1.54, 1.807) is 23.2 Å². The number of likely N-dealkylation sites (tertiary alicyclic amines) is 1. The van der Waals surface area contributed by atoms with Gasteiger partial charge in [-0.3, -0.25) is 9.78 Å². The average Bonchev–Trinajstić information content (AvgIpc) is 2.76. The van der Waals surface area contributed by atoms with Crippen molar-refractivity contribution in [3.63, 3.8) is 0 Å². The number of nitrogens with zero attached hydrogens (tertiary/aromatic N) is 2. The number of ether oxygens (including phenoxy) is 2. The highest BCUT2D eigenvalue weighted by Crippen LogP contribution is 2.35. The van der Waals surface area contributed by atoms with Crippen molar-refractivity contribution in [2.45, 2.75) is 43.8 Å². The largest absolute Gasteiger partial charge is 0.490 e. The zero-order valence-electron chi connectivity index (χ0n) is 18.1. The number of pyridine rings is 1. The molecule has 1 aromatic carbocycles. The molecule has 1 spiro atoms. The number of carboxylic acid groups (broad SMARTS) is 1. The molecule has 11 heteroatoms. The molecule has 1 aromatic heterocycles. The molecule has 3 heterocycles. The molecule has 0 radical (unpaired) electrons. The molecule has 34 heavy (non-hydrogen) atoms. The maximum Gasteiger partial charge on any atom is 0.490 e. The summed E-state index contributed by atoms with van der Waals surface area (Å²) in [6, 6.07) is 12.0. The van der Waals surface area contributed by atoms with Crippen LogP contribution >= 0.6 is 0 Å². The van der Waals surface area contributed by atoms with E-state index in [9.17, 15) is 22.4 Å². The molecular weight excluding hydrogens is 460 g/mol. The summed E-state index contributed by atoms with van der Waals surface area (Å²) in [6.45, 7) is 2.28. The first kappa shape index (κ1) is 25.6. The number of alkyl halides is 3. The highest BCUT2D eigenvalue weighted by Gasteiger charge is 2.49. The van der Waals surface area contributed by atoms with E-state index in [-0.39, 0.29) is 29.9 Å². The second-order valence-electron chi connectivity index (χ2n) is 8.14. The first-order valence-corrected chi connectivity index (χ1v) is 10.5. The van der Waals surface area contributed by atoms with E-state index in [0.717, 1.165) is 18.5 Å². The number of rotatable bonds is 5. The molecule has 7 nitrogen and oxygen atoms in total. The maximum absolute atomic E-state index is 13.3. The molecular formula is C23H24F4N2O5. The topological polar surface area (TPSA) is 89.0 Å². The smallest absolute Gasteiger partial charge is 0.475 e. The van der Waals surface area contributed by atoms with Crippen LogP contribution in [0.2, 0.25) is 0 Å². The third-order valence-electron chi connectivity index (χ3n) is 5.44. The summed E-state index contributed by atoms with van der Waals surface area (Å²) in [5.41, 5.74) is 1.31. The summed E-state index contributed by atoms with van der Waals surface area (Å²) in [5.74, 6) is -3.07. The number of aliphatic carboxylic acids is 1. The fraction of sp³-hybridized carbons (Fsp3) is 0.435. The number of carbonyl (C=O) groups is 2. The van der Waals surface area contributed by atoms with E-state index in [1.807, 2.05) is 18.2 Å². The molecule has 2 aromatic rings. The summed E-state index contributed by atoms with van der Waals surface area (Å²) >= 11 is 0. The van der Waals surface area contributed by atoms with Gasteiger partial charge in [0.25, 0.3) is 0 Å². The predicted octanol–water partition coefficient (Wildman–Crippen LogP) is 3.37. The number of carboxylic acids is 1. The van der Waals surface area contributed by atoms with Crippen LogP contribution in [0.3, 0.4) is 0 Å². The standard InChI is InChI=1S/C21H23FN2O3.C2HF3O2/c22-17-5-3-4-16(10-17)11-20(25)24-14-21(15-24)12-19(7-9-27-21)26-13-18-6-1-2-8-23-18;3-2(4,5)1(6)7/h1-6,8,10,19H,7,9,11-15H2;(H,6,7). The molecule has 1 N–H and O–H groups in total. The van der Waals surface area contributed by atoms with Gasteiger partial charge in [-0.25, -0.2) is 9.18 Å². The van der Waals surface area contributed by atoms with Crippen LogP contribution in [0.1, 0.15) is 24.1 Å². The molecule has 2 saturated heterocycles. The average molecular weight is 484 g/mol. The van der Waals surface area contributed by atoms with Gasteiger partial charge >= 0.3 is 12.1 Å². The van der Waals surface area contributed by atoms with Crippen molar-refractivity contribution in [3.8, 4) is 0 Å². The first-order chi connectivity index (χ1) is 16.1. The summed E-state index contributed by atoms with van der Waals surface area (Å²) in [6.07, 6.45) is -1.36. The van der Waals surface area contributed by atoms with E-state index < -0.39 is 12.1 Å². The van der Waals surface area contributed by atoms with Gasteiger partial charge in [0.15, 0.2) is 0 Å². The minimum absolute atomic E-state index is 0.00588. The third kappa shape index (κ3) is 7.22. The van der Waals surface area contributed by atoms with E-state index in [2.05, 4.69) is 4.98 Å². The van der Waals surface area contributed by atoms with Crippen molar-refractivity contribution >= 4 is 11.9 Å². The van der Waals surface area contributed by atoms with Crippen LogP contribution in [0.15, 0.2) is 48.7 Å². The molecule has 4 rings (SSSR count). The zero-order chi connectivity index (χ0) is 24.8. The molecule has 2 aliphatic heterocycles. The van der Waals surface area contributed by atoms with E-state index in [4.69, 9.17) is 19.4 Å². The number of aromatic nitrogens is 1. The van der Waals surface area contributed by atoms with Crippen molar-refractivity contribution < 1.29 is 41.7 Å². The molecule has 184 valence electrons. The van der Waals surface area contributed by atoms with Crippen molar-refractivity contribution in [2.24, 2.45) is 0 Å². The number of carbonyl (C=O) groups excluding carboxylic acids is 1. The lowest BCUT2D eigenvalue weighted by molar-refractivity contribution is -0.202. The van der Waals surface area contributed by atoms with Crippen molar-refractivity contribution in [1.82, 2.24) is 9.88 Å².